The van der Waals surface area contributed by atoms with Crippen LogP contribution < -0.4 is 15.2 Å². The SMILES string of the molecule is CCN1CN(C23C(=Cc4ccccc42)Cc2c3ccc(F)c2F)n2ccc(=O)c(OCc3ccccc3)c2C1=O. The Hall–Kier alpha value is -4.72. The molecule has 0 radical (unpaired) electrons. The van der Waals surface area contributed by atoms with Crippen LogP contribution >= 0.6 is 0 Å². The summed E-state index contributed by atoms with van der Waals surface area (Å²) >= 11 is 0. The molecule has 0 spiro atoms. The highest BCUT2D eigenvalue weighted by atomic mass is 19.2. The lowest BCUT2D eigenvalue weighted by Gasteiger charge is -2.49. The van der Waals surface area contributed by atoms with Crippen LogP contribution in [-0.4, -0.2) is 28.7 Å². The second-order valence-electron chi connectivity index (χ2n) is 10.2. The van der Waals surface area contributed by atoms with E-state index in [0.29, 0.717) is 17.7 Å². The van der Waals surface area contributed by atoms with Gasteiger partial charge < -0.3 is 9.64 Å². The molecule has 2 heterocycles. The number of fused-ring (bicyclic) bond motifs is 6. The summed E-state index contributed by atoms with van der Waals surface area (Å²) in [4.78, 5) is 28.6. The monoisotopic (exact) mass is 537 g/mol. The fourth-order valence-electron chi connectivity index (χ4n) is 6.38. The average Bonchev–Trinajstić information content (AvgIpc) is 3.47. The molecule has 3 aliphatic rings. The Kier molecular flexibility index (Phi) is 5.42. The van der Waals surface area contributed by atoms with E-state index in [0.717, 1.165) is 28.3 Å². The van der Waals surface area contributed by atoms with Crippen molar-refractivity contribution in [3.63, 3.8) is 0 Å². The van der Waals surface area contributed by atoms with E-state index in [9.17, 15) is 14.0 Å². The van der Waals surface area contributed by atoms with Gasteiger partial charge in [-0.15, -0.1) is 0 Å². The third kappa shape index (κ3) is 3.25. The lowest BCUT2D eigenvalue weighted by Crippen LogP contribution is -2.62. The van der Waals surface area contributed by atoms with E-state index in [2.05, 4.69) is 0 Å². The van der Waals surface area contributed by atoms with Gasteiger partial charge in [0.05, 0.1) is 0 Å². The number of benzene rings is 3. The fourth-order valence-corrected chi connectivity index (χ4v) is 6.38. The Morgan fingerprint density at radius 1 is 0.925 bits per heavy atom. The molecule has 200 valence electrons. The Balaban J connectivity index is 1.47. The van der Waals surface area contributed by atoms with Crippen LogP contribution in [0.3, 0.4) is 0 Å². The summed E-state index contributed by atoms with van der Waals surface area (Å²) in [6, 6.07) is 21.4. The van der Waals surface area contributed by atoms with Crippen LogP contribution in [0.5, 0.6) is 5.75 Å². The average molecular weight is 538 g/mol. The second kappa shape index (κ2) is 8.91. The summed E-state index contributed by atoms with van der Waals surface area (Å²) in [5.74, 6) is -2.14. The van der Waals surface area contributed by atoms with Gasteiger partial charge in [-0.1, -0.05) is 66.7 Å². The number of rotatable bonds is 5. The molecule has 1 atom stereocenters. The summed E-state index contributed by atoms with van der Waals surface area (Å²) in [5.41, 5.74) is 3.18. The summed E-state index contributed by atoms with van der Waals surface area (Å²) < 4.78 is 37.4. The van der Waals surface area contributed by atoms with E-state index in [1.807, 2.05) is 72.6 Å². The van der Waals surface area contributed by atoms with Gasteiger partial charge in [0.25, 0.3) is 5.91 Å². The number of amides is 1. The first kappa shape index (κ1) is 24.3. The van der Waals surface area contributed by atoms with Gasteiger partial charge in [0, 0.05) is 30.8 Å². The molecular weight excluding hydrogens is 512 g/mol. The molecule has 1 aromatic heterocycles. The quantitative estimate of drug-likeness (QED) is 0.361. The third-order valence-corrected chi connectivity index (χ3v) is 8.18. The highest BCUT2D eigenvalue weighted by Crippen LogP contribution is 2.56. The van der Waals surface area contributed by atoms with Crippen LogP contribution in [0.1, 0.15) is 45.2 Å². The molecule has 1 unspecified atom stereocenters. The third-order valence-electron chi connectivity index (χ3n) is 8.18. The number of ether oxygens (including phenoxy) is 1. The summed E-state index contributed by atoms with van der Waals surface area (Å²) in [6.07, 6.45) is 3.81. The fraction of sp³-hybridized carbons (Fsp3) is 0.188. The van der Waals surface area contributed by atoms with Gasteiger partial charge in [0.2, 0.25) is 5.43 Å². The lowest BCUT2D eigenvalue weighted by molar-refractivity contribution is 0.0675. The van der Waals surface area contributed by atoms with Crippen molar-refractivity contribution in [3.05, 3.63) is 140 Å². The maximum Gasteiger partial charge on any atom is 0.277 e. The van der Waals surface area contributed by atoms with Gasteiger partial charge in [0.1, 0.15) is 18.8 Å². The van der Waals surface area contributed by atoms with Crippen molar-refractivity contribution in [2.24, 2.45) is 0 Å². The molecule has 40 heavy (non-hydrogen) atoms. The molecule has 4 aromatic rings. The van der Waals surface area contributed by atoms with Gasteiger partial charge in [-0.3, -0.25) is 19.3 Å². The van der Waals surface area contributed by atoms with E-state index in [-0.39, 0.29) is 37.0 Å². The number of aromatic nitrogens is 1. The van der Waals surface area contributed by atoms with Crippen LogP contribution in [0.15, 0.2) is 89.4 Å². The molecule has 0 bridgehead atoms. The number of pyridine rings is 1. The van der Waals surface area contributed by atoms with Gasteiger partial charge in [-0.25, -0.2) is 8.78 Å². The molecule has 7 rings (SSSR count). The molecule has 1 aliphatic heterocycles. The number of hydrogen-bond donors (Lipinski definition) is 0. The van der Waals surface area contributed by atoms with E-state index in [1.54, 1.807) is 21.8 Å². The Morgan fingerprint density at radius 2 is 1.70 bits per heavy atom. The van der Waals surface area contributed by atoms with Crippen molar-refractivity contribution < 1.29 is 18.3 Å². The van der Waals surface area contributed by atoms with Crippen LogP contribution in [-0.2, 0) is 18.6 Å². The smallest absolute Gasteiger partial charge is 0.277 e. The van der Waals surface area contributed by atoms with Crippen molar-refractivity contribution in [1.29, 1.82) is 0 Å². The number of carbonyl (C=O) groups is 1. The van der Waals surface area contributed by atoms with E-state index < -0.39 is 22.6 Å². The minimum atomic E-state index is -1.02. The van der Waals surface area contributed by atoms with Crippen LogP contribution in [0.2, 0.25) is 0 Å². The van der Waals surface area contributed by atoms with Crippen molar-refractivity contribution in [2.45, 2.75) is 25.5 Å². The van der Waals surface area contributed by atoms with Crippen LogP contribution in [0.25, 0.3) is 6.08 Å². The first-order valence-corrected chi connectivity index (χ1v) is 13.2. The summed E-state index contributed by atoms with van der Waals surface area (Å²) in [6.45, 7) is 2.51. The van der Waals surface area contributed by atoms with Gasteiger partial charge in [0.15, 0.2) is 23.1 Å². The number of halogens is 2. The molecule has 3 aromatic carbocycles. The van der Waals surface area contributed by atoms with Crippen molar-refractivity contribution in [2.75, 3.05) is 18.2 Å². The molecule has 1 amide bonds. The molecule has 0 fully saturated rings. The van der Waals surface area contributed by atoms with E-state index in [1.165, 1.54) is 6.07 Å². The first-order chi connectivity index (χ1) is 19.4. The van der Waals surface area contributed by atoms with Crippen molar-refractivity contribution >= 4 is 12.0 Å². The Bertz CT molecular complexity index is 1780. The standard InChI is InChI=1S/C32H25F2N3O3/c1-2-35-19-37(36-15-14-27(38)30(29(36)31(35)39)40-18-20-8-4-3-5-9-20)32-22(16-21-10-6-7-11-24(21)32)17-23-25(32)12-13-26(33)28(23)34/h3-16H,2,17-19H2,1H3. The van der Waals surface area contributed by atoms with E-state index in [4.69, 9.17) is 4.74 Å². The minimum Gasteiger partial charge on any atom is -0.482 e. The molecule has 0 saturated carbocycles. The molecular formula is C32H25F2N3O3. The van der Waals surface area contributed by atoms with Gasteiger partial charge in [-0.2, -0.15) is 0 Å². The molecule has 2 aliphatic carbocycles. The largest absolute Gasteiger partial charge is 0.482 e. The topological polar surface area (TPSA) is 54.8 Å². The summed E-state index contributed by atoms with van der Waals surface area (Å²) in [5, 5.41) is 1.98. The Morgan fingerprint density at radius 3 is 2.50 bits per heavy atom. The zero-order chi connectivity index (χ0) is 27.6. The molecule has 0 N–H and O–H groups in total. The maximum atomic E-state index is 15.2. The second-order valence-corrected chi connectivity index (χ2v) is 10.2. The van der Waals surface area contributed by atoms with Crippen molar-refractivity contribution in [1.82, 2.24) is 9.58 Å². The maximum absolute atomic E-state index is 15.2. The Labute approximate surface area is 229 Å². The zero-order valence-corrected chi connectivity index (χ0v) is 21.7. The highest BCUT2D eigenvalue weighted by molar-refractivity contribution is 5.96. The molecule has 8 heteroatoms. The lowest BCUT2D eigenvalue weighted by atomic mass is 9.83. The number of carbonyl (C=O) groups excluding carboxylic acids is 1. The van der Waals surface area contributed by atoms with E-state index >= 15 is 4.39 Å². The highest BCUT2D eigenvalue weighted by Gasteiger charge is 2.56. The van der Waals surface area contributed by atoms with Gasteiger partial charge >= 0.3 is 0 Å². The summed E-state index contributed by atoms with van der Waals surface area (Å²) in [7, 11) is 0. The van der Waals surface area contributed by atoms with Crippen LogP contribution in [0.4, 0.5) is 8.78 Å². The van der Waals surface area contributed by atoms with Crippen LogP contribution in [0, 0.1) is 11.6 Å². The predicted molar refractivity (Wildman–Crippen MR) is 147 cm³/mol. The molecule has 0 saturated heterocycles. The minimum absolute atomic E-state index is 0.0452. The van der Waals surface area contributed by atoms with Gasteiger partial charge in [-0.05, 0) is 40.8 Å². The predicted octanol–water partition coefficient (Wildman–Crippen LogP) is 4.97. The van der Waals surface area contributed by atoms with Crippen molar-refractivity contribution in [3.8, 4) is 5.75 Å². The normalized spacial score (nSPS) is 18.7. The first-order valence-electron chi connectivity index (χ1n) is 13.2. The number of hydrogen-bond acceptors (Lipinski definition) is 4. The molecule has 6 nitrogen and oxygen atoms in total. The number of nitrogens with zero attached hydrogens (tertiary/aromatic N) is 3. The zero-order valence-electron chi connectivity index (χ0n) is 21.7.